The Kier molecular flexibility index (Phi) is 3.74. The van der Waals surface area contributed by atoms with Crippen LogP contribution in [-0.4, -0.2) is 37.4 Å². The van der Waals surface area contributed by atoms with E-state index in [1.165, 1.54) is 30.6 Å². The van der Waals surface area contributed by atoms with Crippen LogP contribution in [0, 0.1) is 17.3 Å². The molecule has 0 aromatic heterocycles. The van der Waals surface area contributed by atoms with Crippen LogP contribution < -0.4 is 0 Å². The molecule has 29 heavy (non-hydrogen) atoms. The fourth-order valence-electron chi connectivity index (χ4n) is 6.68. The third-order valence-electron chi connectivity index (χ3n) is 7.66. The van der Waals surface area contributed by atoms with Gasteiger partial charge in [0, 0.05) is 11.6 Å². The quantitative estimate of drug-likeness (QED) is 0.733. The van der Waals surface area contributed by atoms with E-state index in [4.69, 9.17) is 14.5 Å². The molecule has 4 bridgehead atoms. The van der Waals surface area contributed by atoms with E-state index >= 15 is 0 Å². The van der Waals surface area contributed by atoms with Crippen molar-refractivity contribution in [1.82, 2.24) is 0 Å². The number of methoxy groups -OCH3 is 2. The Bertz CT molecular complexity index is 1090. The molecule has 5 nitrogen and oxygen atoms in total. The number of carbonyl (C=O) groups is 2. The molecule has 2 aromatic carbocycles. The van der Waals surface area contributed by atoms with Crippen LogP contribution in [0.5, 0.6) is 0 Å². The number of hydrogen-bond acceptors (Lipinski definition) is 5. The second-order valence-electron chi connectivity index (χ2n) is 8.85. The molecule has 2 aliphatic carbocycles. The monoisotopic (exact) mass is 391 g/mol. The van der Waals surface area contributed by atoms with Gasteiger partial charge in [-0.1, -0.05) is 36.4 Å². The Morgan fingerprint density at radius 3 is 2.59 bits per heavy atom. The van der Waals surface area contributed by atoms with Gasteiger partial charge in [0.2, 0.25) is 0 Å². The first-order valence-electron chi connectivity index (χ1n) is 10.1. The summed E-state index contributed by atoms with van der Waals surface area (Å²) in [5, 5.41) is 2.37. The van der Waals surface area contributed by atoms with Crippen molar-refractivity contribution in [2.45, 2.75) is 38.1 Å². The highest BCUT2D eigenvalue weighted by Crippen LogP contribution is 2.66. The van der Waals surface area contributed by atoms with Crippen LogP contribution in [0.1, 0.15) is 37.3 Å². The Morgan fingerprint density at radius 1 is 1.10 bits per heavy atom. The van der Waals surface area contributed by atoms with Gasteiger partial charge in [-0.3, -0.25) is 14.6 Å². The predicted octanol–water partition coefficient (Wildman–Crippen LogP) is 3.68. The number of rotatable bonds is 2. The molecule has 1 fully saturated rings. The van der Waals surface area contributed by atoms with Crippen molar-refractivity contribution in [2.24, 2.45) is 22.2 Å². The largest absolute Gasteiger partial charge is 0.469 e. The summed E-state index contributed by atoms with van der Waals surface area (Å²) in [6.07, 6.45) is 1.44. The van der Waals surface area contributed by atoms with E-state index < -0.39 is 16.9 Å². The summed E-state index contributed by atoms with van der Waals surface area (Å²) < 4.78 is 10.6. The van der Waals surface area contributed by atoms with Crippen LogP contribution in [0.3, 0.4) is 0 Å². The zero-order chi connectivity index (χ0) is 20.6. The molecule has 6 rings (SSSR count). The topological polar surface area (TPSA) is 65.0 Å². The van der Waals surface area contributed by atoms with Crippen LogP contribution >= 0.6 is 0 Å². The number of esters is 2. The van der Waals surface area contributed by atoms with Crippen LogP contribution in [0.15, 0.2) is 41.4 Å². The first-order chi connectivity index (χ1) is 13.9. The minimum absolute atomic E-state index is 0.0432. The van der Waals surface area contributed by atoms with Crippen molar-refractivity contribution in [3.05, 3.63) is 47.5 Å². The van der Waals surface area contributed by atoms with Gasteiger partial charge < -0.3 is 9.47 Å². The van der Waals surface area contributed by atoms with Gasteiger partial charge in [-0.05, 0) is 54.5 Å². The molecule has 4 aliphatic rings. The van der Waals surface area contributed by atoms with E-state index in [1.807, 2.05) is 26.0 Å². The Hall–Kier alpha value is -2.69. The number of hydrogen-bond donors (Lipinski definition) is 0. The normalized spacial score (nSPS) is 34.3. The molecule has 0 spiro atoms. The molecule has 0 N–H and O–H groups in total. The molecule has 1 saturated carbocycles. The average Bonchev–Trinajstić information content (AvgIpc) is 2.71. The molecule has 5 atom stereocenters. The second kappa shape index (κ2) is 5.91. The Labute approximate surface area is 170 Å². The van der Waals surface area contributed by atoms with E-state index in [0.29, 0.717) is 6.42 Å². The zero-order valence-electron chi connectivity index (χ0n) is 17.2. The fraction of sp³-hybridized carbons (Fsp3) is 0.458. The van der Waals surface area contributed by atoms with Crippen LogP contribution in [0.25, 0.3) is 10.8 Å². The van der Waals surface area contributed by atoms with E-state index in [2.05, 4.69) is 24.3 Å². The summed E-state index contributed by atoms with van der Waals surface area (Å²) >= 11 is 0. The molecule has 0 saturated heterocycles. The smallest absolute Gasteiger partial charge is 0.318 e. The fourth-order valence-corrected chi connectivity index (χ4v) is 6.68. The van der Waals surface area contributed by atoms with E-state index in [-0.39, 0.29) is 23.8 Å². The van der Waals surface area contributed by atoms with Crippen molar-refractivity contribution in [3.63, 3.8) is 0 Å². The van der Waals surface area contributed by atoms with Crippen LogP contribution in [0.4, 0.5) is 0 Å². The summed E-state index contributed by atoms with van der Waals surface area (Å²) in [6.45, 7) is 3.96. The number of aliphatic imine (C=N–C) groups is 1. The Balaban J connectivity index is 1.87. The first kappa shape index (κ1) is 18.3. The highest BCUT2D eigenvalue weighted by molar-refractivity contribution is 6.10. The number of fused-ring (bicyclic) bond motifs is 3. The minimum atomic E-state index is -0.916. The van der Waals surface area contributed by atoms with Crippen LogP contribution in [0.2, 0.25) is 0 Å². The molecular formula is C24H25NO4. The molecule has 150 valence electrons. The molecule has 0 amide bonds. The molecular weight excluding hydrogens is 366 g/mol. The highest BCUT2D eigenvalue weighted by atomic mass is 16.5. The summed E-state index contributed by atoms with van der Waals surface area (Å²) in [5.74, 6) is -1.41. The predicted molar refractivity (Wildman–Crippen MR) is 110 cm³/mol. The molecule has 2 aliphatic heterocycles. The van der Waals surface area contributed by atoms with Crippen molar-refractivity contribution < 1.29 is 19.1 Å². The van der Waals surface area contributed by atoms with Crippen molar-refractivity contribution in [3.8, 4) is 0 Å². The molecule has 5 heteroatoms. The maximum Gasteiger partial charge on any atom is 0.318 e. The average molecular weight is 391 g/mol. The summed E-state index contributed by atoms with van der Waals surface area (Å²) in [7, 11) is 2.84. The van der Waals surface area contributed by atoms with Gasteiger partial charge in [-0.2, -0.15) is 0 Å². The van der Waals surface area contributed by atoms with Gasteiger partial charge in [-0.25, -0.2) is 0 Å². The number of carbonyl (C=O) groups excluding carboxylic acids is 2. The van der Waals surface area contributed by atoms with Gasteiger partial charge in [0.15, 0.2) is 0 Å². The molecule has 2 aromatic rings. The van der Waals surface area contributed by atoms with Crippen LogP contribution in [-0.2, 0) is 25.5 Å². The van der Waals surface area contributed by atoms with E-state index in [0.717, 1.165) is 17.7 Å². The third kappa shape index (κ3) is 2.08. The van der Waals surface area contributed by atoms with Gasteiger partial charge in [-0.15, -0.1) is 0 Å². The molecule has 0 radical (unpaired) electrons. The number of benzene rings is 2. The van der Waals surface area contributed by atoms with Crippen molar-refractivity contribution in [2.75, 3.05) is 14.2 Å². The number of ether oxygens (including phenoxy) is 2. The lowest BCUT2D eigenvalue weighted by molar-refractivity contribution is -0.167. The first-order valence-corrected chi connectivity index (χ1v) is 10.1. The lowest BCUT2D eigenvalue weighted by atomic mass is 9.42. The second-order valence-corrected chi connectivity index (χ2v) is 8.85. The van der Waals surface area contributed by atoms with E-state index in [1.54, 1.807) is 0 Å². The minimum Gasteiger partial charge on any atom is -0.469 e. The van der Waals surface area contributed by atoms with Gasteiger partial charge >= 0.3 is 11.9 Å². The maximum absolute atomic E-state index is 13.3. The standard InChI is InChI=1S/C24H25NO4/c1-13-24(22(27)29-4)15-11-18-16-8-6-5-7-14(16)9-10-17(18)19(24)20(21(26)28-3)23(2,12-15)25-13/h5-10,15,19-20H,11-12H2,1-4H3/t15?,19?,20-,23-,24-/m1/s1. The molecule has 2 heterocycles. The van der Waals surface area contributed by atoms with Crippen molar-refractivity contribution in [1.29, 1.82) is 0 Å². The van der Waals surface area contributed by atoms with Gasteiger partial charge in [0.1, 0.15) is 5.41 Å². The summed E-state index contributed by atoms with van der Waals surface area (Å²) in [6, 6.07) is 12.5. The molecule has 2 unspecified atom stereocenters. The SMILES string of the molecule is COC(=O)[C@H]1C2c3ccc4ccccc4c3CC3C[C@@]1(C)N=C(C)[C@@]32C(=O)OC. The lowest BCUT2D eigenvalue weighted by Gasteiger charge is -2.62. The Morgan fingerprint density at radius 2 is 1.86 bits per heavy atom. The highest BCUT2D eigenvalue weighted by Gasteiger charge is 2.71. The van der Waals surface area contributed by atoms with E-state index in [9.17, 15) is 9.59 Å². The lowest BCUT2D eigenvalue weighted by Crippen LogP contribution is -2.68. The third-order valence-corrected chi connectivity index (χ3v) is 7.66. The maximum atomic E-state index is 13.3. The zero-order valence-corrected chi connectivity index (χ0v) is 17.2. The van der Waals surface area contributed by atoms with Crippen molar-refractivity contribution >= 4 is 28.4 Å². The summed E-state index contributed by atoms with van der Waals surface area (Å²) in [4.78, 5) is 31.3. The van der Waals surface area contributed by atoms with Gasteiger partial charge in [0.25, 0.3) is 0 Å². The number of nitrogens with zero attached hydrogens (tertiary/aromatic N) is 1. The van der Waals surface area contributed by atoms with Gasteiger partial charge in [0.05, 0.1) is 25.7 Å². The summed E-state index contributed by atoms with van der Waals surface area (Å²) in [5.41, 5.74) is 1.59.